The average Bonchev–Trinajstić information content (AvgIpc) is 1.61. The number of nitrogens with zero attached hydrogens (tertiary/aromatic N) is 1. The number of aliphatic imine (C=N–C) groups is 1. The fourth-order valence-electron chi connectivity index (χ4n) is 0.102. The number of carbonyl (C=O) groups excluding carboxylic acids is 1. The van der Waals surface area contributed by atoms with Crippen molar-refractivity contribution in [1.29, 1.82) is 0 Å². The molecule has 0 aliphatic rings. The first-order valence-electron chi connectivity index (χ1n) is 1.56. The van der Waals surface area contributed by atoms with Crippen LogP contribution in [-0.4, -0.2) is 12.6 Å². The molecule has 0 rings (SSSR count). The minimum atomic E-state index is 0. The minimum absolute atomic E-state index is 0. The molecule has 0 N–H and O–H groups in total. The molecule has 7 heavy (non-hydrogen) atoms. The third-order valence-corrected chi connectivity index (χ3v) is 0.285. The Morgan fingerprint density at radius 3 is 2.57 bits per heavy atom. The first kappa shape index (κ1) is 9.45. The zero-order valence-corrected chi connectivity index (χ0v) is 3.35. The van der Waals surface area contributed by atoms with Crippen LogP contribution in [0.3, 0.4) is 0 Å². The second-order valence-electron chi connectivity index (χ2n) is 0.721. The molecule has 0 aromatic heterocycles. The fraction of sp³-hybridized carbons (Fsp3) is 0.400. The van der Waals surface area contributed by atoms with Gasteiger partial charge in [0.25, 0.3) is 0 Å². The van der Waals surface area contributed by atoms with Crippen molar-refractivity contribution >= 4 is 6.08 Å². The standard InChI is InChI=1S/C4H5NO.CH4/c1-2-3-5-4-6;/h2H,1,3H2;1H4. The Bertz CT molecular complexity index is 82.1. The van der Waals surface area contributed by atoms with Crippen molar-refractivity contribution in [2.75, 3.05) is 6.54 Å². The summed E-state index contributed by atoms with van der Waals surface area (Å²) >= 11 is 0. The Kier molecular flexibility index (Phi) is 12.1. The summed E-state index contributed by atoms with van der Waals surface area (Å²) in [6.07, 6.45) is 2.90. The quantitative estimate of drug-likeness (QED) is 0.290. The minimum Gasteiger partial charge on any atom is -0.211 e. The van der Waals surface area contributed by atoms with Gasteiger partial charge in [-0.25, -0.2) is 9.79 Å². The third-order valence-electron chi connectivity index (χ3n) is 0.285. The molecule has 0 saturated carbocycles. The van der Waals surface area contributed by atoms with Gasteiger partial charge >= 0.3 is 0 Å². The maximum atomic E-state index is 9.22. The van der Waals surface area contributed by atoms with Gasteiger partial charge in [0.05, 0.1) is 6.54 Å². The van der Waals surface area contributed by atoms with E-state index in [1.807, 2.05) is 0 Å². The molecule has 0 fully saturated rings. The van der Waals surface area contributed by atoms with Crippen molar-refractivity contribution in [3.63, 3.8) is 0 Å². The Labute approximate surface area is 43.6 Å². The van der Waals surface area contributed by atoms with Gasteiger partial charge in [-0.2, -0.15) is 0 Å². The van der Waals surface area contributed by atoms with Crippen molar-refractivity contribution in [3.8, 4) is 0 Å². The van der Waals surface area contributed by atoms with E-state index in [0.29, 0.717) is 6.54 Å². The number of isocyanates is 1. The number of hydrogen-bond donors (Lipinski definition) is 0. The first-order valence-corrected chi connectivity index (χ1v) is 1.56. The van der Waals surface area contributed by atoms with Crippen molar-refractivity contribution in [2.45, 2.75) is 7.43 Å². The molecule has 2 heteroatoms. The molecule has 0 spiro atoms. The summed E-state index contributed by atoms with van der Waals surface area (Å²) in [7, 11) is 0. The Morgan fingerprint density at radius 2 is 2.43 bits per heavy atom. The molecule has 0 saturated heterocycles. The van der Waals surface area contributed by atoms with Gasteiger partial charge in [-0.1, -0.05) is 13.5 Å². The third kappa shape index (κ3) is 11.1. The second-order valence-corrected chi connectivity index (χ2v) is 0.721. The highest BCUT2D eigenvalue weighted by Crippen LogP contribution is 1.61. The average molecular weight is 99.1 g/mol. The van der Waals surface area contributed by atoms with Crippen molar-refractivity contribution < 1.29 is 4.79 Å². The molecule has 0 amide bonds. The maximum absolute atomic E-state index is 9.22. The lowest BCUT2D eigenvalue weighted by atomic mass is 10.7. The van der Waals surface area contributed by atoms with E-state index < -0.39 is 0 Å². The zero-order chi connectivity index (χ0) is 4.83. The fourth-order valence-corrected chi connectivity index (χ4v) is 0.102. The Balaban J connectivity index is 0. The van der Waals surface area contributed by atoms with Crippen LogP contribution in [0.25, 0.3) is 0 Å². The van der Waals surface area contributed by atoms with Gasteiger partial charge in [-0.05, 0) is 0 Å². The topological polar surface area (TPSA) is 29.4 Å². The highest BCUT2D eigenvalue weighted by molar-refractivity contribution is 5.33. The van der Waals surface area contributed by atoms with Crippen LogP contribution >= 0.6 is 0 Å². The van der Waals surface area contributed by atoms with Crippen LogP contribution in [0.1, 0.15) is 7.43 Å². The van der Waals surface area contributed by atoms with Gasteiger partial charge in [0.15, 0.2) is 0 Å². The summed E-state index contributed by atoms with van der Waals surface area (Å²) in [5, 5.41) is 0. The molecular weight excluding hydrogens is 90.1 g/mol. The van der Waals surface area contributed by atoms with Gasteiger partial charge in [-0.15, -0.1) is 6.58 Å². The molecule has 0 bridgehead atoms. The molecule has 2 nitrogen and oxygen atoms in total. The Hall–Kier alpha value is -0.880. The normalized spacial score (nSPS) is 5.14. The summed E-state index contributed by atoms with van der Waals surface area (Å²) in [4.78, 5) is 12.4. The van der Waals surface area contributed by atoms with Gasteiger partial charge in [0.1, 0.15) is 0 Å². The molecule has 40 valence electrons. The van der Waals surface area contributed by atoms with Gasteiger partial charge in [0, 0.05) is 0 Å². The van der Waals surface area contributed by atoms with E-state index in [0.717, 1.165) is 0 Å². The highest BCUT2D eigenvalue weighted by Gasteiger charge is 1.58. The van der Waals surface area contributed by atoms with Gasteiger partial charge in [0.2, 0.25) is 6.08 Å². The van der Waals surface area contributed by atoms with E-state index in [9.17, 15) is 4.79 Å². The lowest BCUT2D eigenvalue weighted by Gasteiger charge is -1.64. The maximum Gasteiger partial charge on any atom is 0.235 e. The summed E-state index contributed by atoms with van der Waals surface area (Å²) in [6.45, 7) is 3.70. The molecule has 0 aliphatic heterocycles. The molecule has 0 aromatic rings. The lowest BCUT2D eigenvalue weighted by Crippen LogP contribution is -1.63. The second kappa shape index (κ2) is 8.93. The van der Waals surface area contributed by atoms with Crippen LogP contribution in [0.4, 0.5) is 0 Å². The van der Waals surface area contributed by atoms with E-state index in [1.165, 1.54) is 12.2 Å². The van der Waals surface area contributed by atoms with Gasteiger partial charge < -0.3 is 0 Å². The molecule has 0 aliphatic carbocycles. The van der Waals surface area contributed by atoms with Gasteiger partial charge in [-0.3, -0.25) is 0 Å². The Morgan fingerprint density at radius 1 is 1.86 bits per heavy atom. The summed E-state index contributed by atoms with van der Waals surface area (Å²) in [5.74, 6) is 0. The van der Waals surface area contributed by atoms with E-state index >= 15 is 0 Å². The van der Waals surface area contributed by atoms with Crippen molar-refractivity contribution in [2.24, 2.45) is 4.99 Å². The van der Waals surface area contributed by atoms with Crippen molar-refractivity contribution in [3.05, 3.63) is 12.7 Å². The van der Waals surface area contributed by atoms with Crippen LogP contribution in [0.15, 0.2) is 17.6 Å². The van der Waals surface area contributed by atoms with Crippen LogP contribution < -0.4 is 0 Å². The smallest absolute Gasteiger partial charge is 0.211 e. The van der Waals surface area contributed by atoms with E-state index in [1.54, 1.807) is 0 Å². The predicted octanol–water partition coefficient (Wildman–Crippen LogP) is 1.14. The lowest BCUT2D eigenvalue weighted by molar-refractivity contribution is 0.564. The zero-order valence-electron chi connectivity index (χ0n) is 3.35. The molecule has 0 heterocycles. The van der Waals surface area contributed by atoms with Crippen molar-refractivity contribution in [1.82, 2.24) is 0 Å². The van der Waals surface area contributed by atoms with E-state index in [4.69, 9.17) is 0 Å². The van der Waals surface area contributed by atoms with E-state index in [2.05, 4.69) is 11.6 Å². The van der Waals surface area contributed by atoms with Crippen LogP contribution in [-0.2, 0) is 4.79 Å². The first-order chi connectivity index (χ1) is 2.91. The molecule has 0 radical (unpaired) electrons. The van der Waals surface area contributed by atoms with Crippen LogP contribution in [0.5, 0.6) is 0 Å². The monoisotopic (exact) mass is 99.1 g/mol. The summed E-state index contributed by atoms with van der Waals surface area (Å²) < 4.78 is 0. The van der Waals surface area contributed by atoms with E-state index in [-0.39, 0.29) is 7.43 Å². The summed E-state index contributed by atoms with van der Waals surface area (Å²) in [6, 6.07) is 0. The number of hydrogen-bond acceptors (Lipinski definition) is 2. The molecular formula is C5H9NO. The summed E-state index contributed by atoms with van der Waals surface area (Å²) in [5.41, 5.74) is 0. The number of rotatable bonds is 2. The largest absolute Gasteiger partial charge is 0.235 e. The SMILES string of the molecule is C.C=CCN=C=O. The van der Waals surface area contributed by atoms with Crippen LogP contribution in [0.2, 0.25) is 0 Å². The van der Waals surface area contributed by atoms with Crippen LogP contribution in [0, 0.1) is 0 Å². The molecule has 0 aromatic carbocycles. The molecule has 0 unspecified atom stereocenters. The highest BCUT2D eigenvalue weighted by atomic mass is 16.1. The predicted molar refractivity (Wildman–Crippen MR) is 29.9 cm³/mol. The molecule has 0 atom stereocenters.